The number of hydrogen-bond acceptors (Lipinski definition) is 2. The molecule has 3 rings (SSSR count). The van der Waals surface area contributed by atoms with Crippen molar-refractivity contribution in [2.24, 2.45) is 0 Å². The summed E-state index contributed by atoms with van der Waals surface area (Å²) < 4.78 is 27.5. The van der Waals surface area contributed by atoms with E-state index in [0.717, 1.165) is 49.4 Å². The van der Waals surface area contributed by atoms with Gasteiger partial charge < -0.3 is 10.2 Å². The third kappa shape index (κ3) is 4.53. The molecule has 6 heteroatoms. The summed E-state index contributed by atoms with van der Waals surface area (Å²) in [5.41, 5.74) is 1.14. The van der Waals surface area contributed by atoms with Crippen LogP contribution in [0.2, 0.25) is 0 Å². The van der Waals surface area contributed by atoms with Crippen LogP contribution in [0.15, 0.2) is 42.7 Å². The Morgan fingerprint density at radius 3 is 2.60 bits per heavy atom. The van der Waals surface area contributed by atoms with E-state index in [2.05, 4.69) is 10.3 Å². The van der Waals surface area contributed by atoms with Gasteiger partial charge in [0.25, 0.3) is 0 Å². The Labute approximate surface area is 145 Å². The molecular weight excluding hydrogens is 324 g/mol. The van der Waals surface area contributed by atoms with Gasteiger partial charge in [0.2, 0.25) is 0 Å². The van der Waals surface area contributed by atoms with Crippen LogP contribution in [0.4, 0.5) is 13.6 Å². The Bertz CT molecular complexity index is 718. The number of carbonyl (C=O) groups is 1. The molecule has 1 heterocycles. The summed E-state index contributed by atoms with van der Waals surface area (Å²) in [6.45, 7) is 0.437. The number of benzene rings is 1. The van der Waals surface area contributed by atoms with Gasteiger partial charge in [-0.05, 0) is 48.7 Å². The van der Waals surface area contributed by atoms with Crippen LogP contribution < -0.4 is 5.32 Å². The average molecular weight is 345 g/mol. The third-order valence-corrected chi connectivity index (χ3v) is 4.57. The molecule has 2 amide bonds. The van der Waals surface area contributed by atoms with E-state index in [9.17, 15) is 13.6 Å². The van der Waals surface area contributed by atoms with Gasteiger partial charge >= 0.3 is 6.03 Å². The molecule has 1 aliphatic rings. The van der Waals surface area contributed by atoms with Crippen LogP contribution in [0.1, 0.15) is 36.8 Å². The fourth-order valence-electron chi connectivity index (χ4n) is 3.21. The standard InChI is InChI=1S/C19H21F2N3O/c20-16-5-6-18(21)15(11-16)13-24(17-3-1-2-4-17)19(25)23-12-14-7-9-22-10-8-14/h5-11,17H,1-4,12-13H2,(H,23,25). The van der Waals surface area contributed by atoms with Gasteiger partial charge in [0, 0.05) is 30.5 Å². The third-order valence-electron chi connectivity index (χ3n) is 4.57. The van der Waals surface area contributed by atoms with Gasteiger partial charge in [0.15, 0.2) is 0 Å². The van der Waals surface area contributed by atoms with Gasteiger partial charge in [-0.2, -0.15) is 0 Å². The molecule has 4 nitrogen and oxygen atoms in total. The molecule has 2 aromatic rings. The van der Waals surface area contributed by atoms with Crippen LogP contribution in [-0.2, 0) is 13.1 Å². The predicted octanol–water partition coefficient (Wildman–Crippen LogP) is 4.01. The van der Waals surface area contributed by atoms with E-state index in [-0.39, 0.29) is 24.2 Å². The molecule has 0 atom stereocenters. The average Bonchev–Trinajstić information content (AvgIpc) is 3.15. The molecule has 1 saturated carbocycles. The lowest BCUT2D eigenvalue weighted by molar-refractivity contribution is 0.169. The first kappa shape index (κ1) is 17.3. The Morgan fingerprint density at radius 2 is 1.88 bits per heavy atom. The number of pyridine rings is 1. The number of aromatic nitrogens is 1. The number of hydrogen-bond donors (Lipinski definition) is 1. The van der Waals surface area contributed by atoms with Crippen molar-refractivity contribution in [2.45, 2.75) is 44.8 Å². The number of halogens is 2. The van der Waals surface area contributed by atoms with Gasteiger partial charge in [-0.1, -0.05) is 12.8 Å². The summed E-state index contributed by atoms with van der Waals surface area (Å²) in [5, 5.41) is 2.87. The molecule has 1 aromatic heterocycles. The van der Waals surface area contributed by atoms with Gasteiger partial charge in [-0.15, -0.1) is 0 Å². The second-order valence-electron chi connectivity index (χ2n) is 6.32. The highest BCUT2D eigenvalue weighted by atomic mass is 19.1. The first-order valence-corrected chi connectivity index (χ1v) is 8.51. The van der Waals surface area contributed by atoms with Crippen molar-refractivity contribution in [3.8, 4) is 0 Å². The van der Waals surface area contributed by atoms with Crippen LogP contribution in [0, 0.1) is 11.6 Å². The van der Waals surface area contributed by atoms with Gasteiger partial charge in [-0.3, -0.25) is 4.98 Å². The Kier molecular flexibility index (Phi) is 5.58. The lowest BCUT2D eigenvalue weighted by atomic mass is 10.1. The first-order valence-electron chi connectivity index (χ1n) is 8.51. The van der Waals surface area contributed by atoms with E-state index in [0.29, 0.717) is 6.54 Å². The summed E-state index contributed by atoms with van der Waals surface area (Å²) in [4.78, 5) is 18.3. The molecule has 0 bridgehead atoms. The molecule has 1 aromatic carbocycles. The highest BCUT2D eigenvalue weighted by Crippen LogP contribution is 2.26. The smallest absolute Gasteiger partial charge is 0.318 e. The fourth-order valence-corrected chi connectivity index (χ4v) is 3.21. The zero-order chi connectivity index (χ0) is 17.6. The zero-order valence-electron chi connectivity index (χ0n) is 13.9. The first-order chi connectivity index (χ1) is 12.1. The van der Waals surface area contributed by atoms with Crippen molar-refractivity contribution in [1.82, 2.24) is 15.2 Å². The van der Waals surface area contributed by atoms with E-state index >= 15 is 0 Å². The maximum atomic E-state index is 14.0. The molecule has 0 unspecified atom stereocenters. The summed E-state index contributed by atoms with van der Waals surface area (Å²) >= 11 is 0. The normalized spacial score (nSPS) is 14.5. The molecule has 1 aliphatic carbocycles. The fraction of sp³-hybridized carbons (Fsp3) is 0.368. The monoisotopic (exact) mass is 345 g/mol. The van der Waals surface area contributed by atoms with Crippen LogP contribution in [0.3, 0.4) is 0 Å². The minimum Gasteiger partial charge on any atom is -0.334 e. The van der Waals surface area contributed by atoms with Gasteiger partial charge in [0.05, 0.1) is 6.54 Å². The molecule has 0 spiro atoms. The highest BCUT2D eigenvalue weighted by Gasteiger charge is 2.27. The second-order valence-corrected chi connectivity index (χ2v) is 6.32. The van der Waals surface area contributed by atoms with E-state index in [1.165, 1.54) is 0 Å². The minimum absolute atomic E-state index is 0.0557. The summed E-state index contributed by atoms with van der Waals surface area (Å²) in [6.07, 6.45) is 7.20. The molecular formula is C19H21F2N3O. The maximum Gasteiger partial charge on any atom is 0.318 e. The van der Waals surface area contributed by atoms with Crippen molar-refractivity contribution in [1.29, 1.82) is 0 Å². The SMILES string of the molecule is O=C(NCc1ccncc1)N(Cc1cc(F)ccc1F)C1CCCC1. The topological polar surface area (TPSA) is 45.2 Å². The summed E-state index contributed by atoms with van der Waals surface area (Å²) in [5.74, 6) is -0.994. The van der Waals surface area contributed by atoms with Crippen molar-refractivity contribution in [3.63, 3.8) is 0 Å². The van der Waals surface area contributed by atoms with Crippen LogP contribution in [-0.4, -0.2) is 22.0 Å². The van der Waals surface area contributed by atoms with Crippen LogP contribution >= 0.6 is 0 Å². The molecule has 0 radical (unpaired) electrons. The van der Waals surface area contributed by atoms with E-state index < -0.39 is 11.6 Å². The number of rotatable bonds is 5. The molecule has 132 valence electrons. The quantitative estimate of drug-likeness (QED) is 0.890. The number of nitrogens with zero attached hydrogens (tertiary/aromatic N) is 2. The second kappa shape index (κ2) is 8.05. The Balaban J connectivity index is 1.72. The zero-order valence-corrected chi connectivity index (χ0v) is 13.9. The molecule has 25 heavy (non-hydrogen) atoms. The van der Waals surface area contributed by atoms with E-state index in [1.54, 1.807) is 17.3 Å². The largest absolute Gasteiger partial charge is 0.334 e. The number of urea groups is 1. The van der Waals surface area contributed by atoms with Crippen LogP contribution in [0.25, 0.3) is 0 Å². The number of amides is 2. The Morgan fingerprint density at radius 1 is 1.16 bits per heavy atom. The molecule has 1 N–H and O–H groups in total. The lowest BCUT2D eigenvalue weighted by Gasteiger charge is -2.29. The minimum atomic E-state index is -0.500. The van der Waals surface area contributed by atoms with E-state index in [1.807, 2.05) is 12.1 Å². The molecule has 0 saturated heterocycles. The Hall–Kier alpha value is -2.50. The van der Waals surface area contributed by atoms with Crippen molar-refractivity contribution >= 4 is 6.03 Å². The highest BCUT2D eigenvalue weighted by molar-refractivity contribution is 5.74. The summed E-state index contributed by atoms with van der Waals surface area (Å²) in [6, 6.07) is 6.80. The van der Waals surface area contributed by atoms with Crippen molar-refractivity contribution in [3.05, 3.63) is 65.5 Å². The van der Waals surface area contributed by atoms with Gasteiger partial charge in [-0.25, -0.2) is 13.6 Å². The van der Waals surface area contributed by atoms with Crippen molar-refractivity contribution < 1.29 is 13.6 Å². The number of carbonyl (C=O) groups excluding carboxylic acids is 1. The van der Waals surface area contributed by atoms with Crippen molar-refractivity contribution in [2.75, 3.05) is 0 Å². The predicted molar refractivity (Wildman–Crippen MR) is 90.6 cm³/mol. The van der Waals surface area contributed by atoms with Gasteiger partial charge in [0.1, 0.15) is 11.6 Å². The summed E-state index contributed by atoms with van der Waals surface area (Å²) in [7, 11) is 0. The maximum absolute atomic E-state index is 14.0. The molecule has 1 fully saturated rings. The van der Waals surface area contributed by atoms with E-state index in [4.69, 9.17) is 0 Å². The number of nitrogens with one attached hydrogen (secondary N) is 1. The molecule has 0 aliphatic heterocycles. The van der Waals surface area contributed by atoms with Crippen LogP contribution in [0.5, 0.6) is 0 Å². The lowest BCUT2D eigenvalue weighted by Crippen LogP contribution is -2.44.